The third kappa shape index (κ3) is 4.05. The molecule has 8 heteroatoms. The molecule has 0 aliphatic rings. The first-order chi connectivity index (χ1) is 12.3. The highest BCUT2D eigenvalue weighted by molar-refractivity contribution is 5.89. The lowest BCUT2D eigenvalue weighted by Crippen LogP contribution is -2.51. The molecule has 0 fully saturated rings. The van der Waals surface area contributed by atoms with Crippen molar-refractivity contribution in [3.63, 3.8) is 0 Å². The van der Waals surface area contributed by atoms with Crippen molar-refractivity contribution >= 4 is 17.8 Å². The van der Waals surface area contributed by atoms with E-state index in [0.717, 1.165) is 0 Å². The molecule has 8 nitrogen and oxygen atoms in total. The van der Waals surface area contributed by atoms with Crippen molar-refractivity contribution < 1.29 is 29.8 Å². The average Bonchev–Trinajstić information content (AvgIpc) is 2.65. The van der Waals surface area contributed by atoms with Gasteiger partial charge in [-0.3, -0.25) is 15.3 Å². The molecule has 1 unspecified atom stereocenters. The number of benzene rings is 2. The first kappa shape index (κ1) is 19.1. The quantitative estimate of drug-likeness (QED) is 0.374. The van der Waals surface area contributed by atoms with E-state index in [4.69, 9.17) is 15.4 Å². The maximum atomic E-state index is 12.2. The Balaban J connectivity index is 2.29. The number of carbonyl (C=O) groups excluding carboxylic acids is 1. The Labute approximate surface area is 149 Å². The summed E-state index contributed by atoms with van der Waals surface area (Å²) in [6.45, 7) is 1.67. The van der Waals surface area contributed by atoms with Gasteiger partial charge in [0.05, 0.1) is 11.1 Å². The number of amides is 1. The molecule has 1 atom stereocenters. The van der Waals surface area contributed by atoms with Crippen molar-refractivity contribution in [1.29, 1.82) is 0 Å². The number of carbonyl (C=O) groups is 3. The van der Waals surface area contributed by atoms with Crippen molar-refractivity contribution in [2.45, 2.75) is 19.0 Å². The molecule has 2 aromatic rings. The topological polar surface area (TPSA) is 136 Å². The van der Waals surface area contributed by atoms with Gasteiger partial charge in [0.1, 0.15) is 5.54 Å². The maximum absolute atomic E-state index is 12.2. The molecule has 2 aromatic carbocycles. The van der Waals surface area contributed by atoms with E-state index >= 15 is 0 Å². The van der Waals surface area contributed by atoms with Crippen LogP contribution in [0.4, 0.5) is 0 Å². The highest BCUT2D eigenvalue weighted by Crippen LogP contribution is 2.23. The Morgan fingerprint density at radius 3 is 2.12 bits per heavy atom. The smallest absolute Gasteiger partial charge is 0.335 e. The number of carboxylic acid groups (broad SMARTS) is 2. The number of nitrogens with one attached hydrogen (secondary N) is 2. The molecule has 0 saturated heterocycles. The molecule has 136 valence electrons. The molecule has 0 heterocycles. The molecule has 0 spiro atoms. The number of hydroxylamine groups is 1. The van der Waals surface area contributed by atoms with Gasteiger partial charge in [0.15, 0.2) is 0 Å². The van der Waals surface area contributed by atoms with Gasteiger partial charge in [0.2, 0.25) is 0 Å². The molecular formula is C18H18N2O6. The van der Waals surface area contributed by atoms with Gasteiger partial charge in [-0.15, -0.1) is 0 Å². The summed E-state index contributed by atoms with van der Waals surface area (Å²) in [5, 5.41) is 30.1. The van der Waals surface area contributed by atoms with E-state index in [9.17, 15) is 14.4 Å². The van der Waals surface area contributed by atoms with Crippen molar-refractivity contribution in [2.75, 3.05) is 0 Å². The van der Waals surface area contributed by atoms with Crippen LogP contribution in [0.1, 0.15) is 38.8 Å². The van der Waals surface area contributed by atoms with Gasteiger partial charge in [-0.1, -0.05) is 24.3 Å². The van der Waals surface area contributed by atoms with E-state index < -0.39 is 23.4 Å². The van der Waals surface area contributed by atoms with E-state index in [1.54, 1.807) is 17.6 Å². The molecule has 0 aliphatic carbocycles. The van der Waals surface area contributed by atoms with E-state index in [0.29, 0.717) is 11.1 Å². The molecule has 2 rings (SSSR count). The molecule has 0 aromatic heterocycles. The standard InChI is InChI=1S/C18H18N2O6/c1-18(17(25)20-26,14-7-5-12(6-8-14)15(21)22)19-10-11-3-2-4-13(9-11)16(23)24/h2-9,19,26H,10H2,1H3,(H,20,25)(H,21,22)(H,23,24). The Hall–Kier alpha value is -3.23. The minimum atomic E-state index is -1.37. The molecule has 1 amide bonds. The van der Waals surface area contributed by atoms with E-state index in [1.165, 1.54) is 43.3 Å². The highest BCUT2D eigenvalue weighted by atomic mass is 16.5. The van der Waals surface area contributed by atoms with Crippen LogP contribution in [0.2, 0.25) is 0 Å². The number of hydrogen-bond donors (Lipinski definition) is 5. The summed E-state index contributed by atoms with van der Waals surface area (Å²) in [7, 11) is 0. The average molecular weight is 358 g/mol. The minimum absolute atomic E-state index is 0.0645. The highest BCUT2D eigenvalue weighted by Gasteiger charge is 2.34. The predicted octanol–water partition coefficient (Wildman–Crippen LogP) is 1.59. The molecular weight excluding hydrogens is 340 g/mol. The van der Waals surface area contributed by atoms with Gasteiger partial charge in [-0.25, -0.2) is 15.1 Å². The number of carboxylic acids is 2. The molecule has 0 aliphatic heterocycles. The summed E-state index contributed by atoms with van der Waals surface area (Å²) in [5.41, 5.74) is 1.47. The molecule has 26 heavy (non-hydrogen) atoms. The summed E-state index contributed by atoms with van der Waals surface area (Å²) in [6, 6.07) is 11.9. The van der Waals surface area contributed by atoms with Crippen LogP contribution in [-0.2, 0) is 16.9 Å². The van der Waals surface area contributed by atoms with Crippen LogP contribution in [0.15, 0.2) is 48.5 Å². The zero-order valence-electron chi connectivity index (χ0n) is 13.9. The third-order valence-corrected chi connectivity index (χ3v) is 4.08. The van der Waals surface area contributed by atoms with Crippen molar-refractivity contribution in [3.05, 3.63) is 70.8 Å². The molecule has 0 saturated carbocycles. The van der Waals surface area contributed by atoms with Gasteiger partial charge in [0.25, 0.3) is 5.91 Å². The monoisotopic (exact) mass is 358 g/mol. The summed E-state index contributed by atoms with van der Waals surface area (Å²) < 4.78 is 0. The Morgan fingerprint density at radius 2 is 1.58 bits per heavy atom. The maximum Gasteiger partial charge on any atom is 0.335 e. The SMILES string of the molecule is CC(NCc1cccc(C(=O)O)c1)(C(=O)NO)c1ccc(C(=O)O)cc1. The number of rotatable bonds is 7. The summed E-state index contributed by atoms with van der Waals surface area (Å²) >= 11 is 0. The lowest BCUT2D eigenvalue weighted by Gasteiger charge is -2.29. The molecule has 5 N–H and O–H groups in total. The zero-order chi connectivity index (χ0) is 19.3. The largest absolute Gasteiger partial charge is 0.478 e. The van der Waals surface area contributed by atoms with Crippen molar-refractivity contribution in [3.8, 4) is 0 Å². The Bertz CT molecular complexity index is 834. The van der Waals surface area contributed by atoms with Gasteiger partial charge in [0, 0.05) is 6.54 Å². The minimum Gasteiger partial charge on any atom is -0.478 e. The molecule has 0 bridgehead atoms. The second-order valence-corrected chi connectivity index (χ2v) is 5.81. The van der Waals surface area contributed by atoms with Crippen LogP contribution in [0.5, 0.6) is 0 Å². The van der Waals surface area contributed by atoms with Crippen molar-refractivity contribution in [1.82, 2.24) is 10.8 Å². The van der Waals surface area contributed by atoms with Crippen LogP contribution in [0, 0.1) is 0 Å². The van der Waals surface area contributed by atoms with Crippen LogP contribution in [0.25, 0.3) is 0 Å². The van der Waals surface area contributed by atoms with Crippen LogP contribution >= 0.6 is 0 Å². The van der Waals surface area contributed by atoms with Crippen molar-refractivity contribution in [2.24, 2.45) is 0 Å². The van der Waals surface area contributed by atoms with Crippen LogP contribution < -0.4 is 10.8 Å². The lowest BCUT2D eigenvalue weighted by atomic mass is 9.90. The van der Waals surface area contributed by atoms with Gasteiger partial charge >= 0.3 is 11.9 Å². The van der Waals surface area contributed by atoms with Gasteiger partial charge in [-0.2, -0.15) is 0 Å². The first-order valence-corrected chi connectivity index (χ1v) is 7.63. The fourth-order valence-electron chi connectivity index (χ4n) is 2.46. The number of hydrogen-bond acceptors (Lipinski definition) is 5. The predicted molar refractivity (Wildman–Crippen MR) is 90.9 cm³/mol. The second-order valence-electron chi connectivity index (χ2n) is 5.81. The lowest BCUT2D eigenvalue weighted by molar-refractivity contribution is -0.136. The Morgan fingerprint density at radius 1 is 0.962 bits per heavy atom. The Kier molecular flexibility index (Phi) is 5.71. The zero-order valence-corrected chi connectivity index (χ0v) is 13.9. The fraction of sp³-hybridized carbons (Fsp3) is 0.167. The first-order valence-electron chi connectivity index (χ1n) is 7.63. The summed E-state index contributed by atoms with van der Waals surface area (Å²) in [5.74, 6) is -2.90. The third-order valence-electron chi connectivity index (χ3n) is 4.08. The van der Waals surface area contributed by atoms with E-state index in [1.807, 2.05) is 0 Å². The second kappa shape index (κ2) is 7.77. The number of aromatic carboxylic acids is 2. The van der Waals surface area contributed by atoms with E-state index in [2.05, 4.69) is 5.32 Å². The summed E-state index contributed by atoms with van der Waals surface area (Å²) in [6.07, 6.45) is 0. The van der Waals surface area contributed by atoms with E-state index in [-0.39, 0.29) is 17.7 Å². The van der Waals surface area contributed by atoms with Gasteiger partial charge in [-0.05, 0) is 42.3 Å². The fourth-order valence-corrected chi connectivity index (χ4v) is 2.46. The van der Waals surface area contributed by atoms with Crippen LogP contribution in [-0.4, -0.2) is 33.3 Å². The normalized spacial score (nSPS) is 12.8. The summed E-state index contributed by atoms with van der Waals surface area (Å²) in [4.78, 5) is 34.2. The molecule has 0 radical (unpaired) electrons. The van der Waals surface area contributed by atoms with Crippen LogP contribution in [0.3, 0.4) is 0 Å². The van der Waals surface area contributed by atoms with Gasteiger partial charge < -0.3 is 10.2 Å².